The summed E-state index contributed by atoms with van der Waals surface area (Å²) >= 11 is 1.50. The largest absolute Gasteiger partial charge is 0.468 e. The normalized spacial score (nSPS) is 26.9. The molecule has 31 heavy (non-hydrogen) atoms. The first-order chi connectivity index (χ1) is 14.9. The summed E-state index contributed by atoms with van der Waals surface area (Å²) in [7, 11) is 1.30. The molecular formula is C24H29NO5S. The number of Topliss-reactive ketones (excluding diaryl/α,β-unsaturated/α-hetero) is 1. The van der Waals surface area contributed by atoms with Crippen LogP contribution in [0.5, 0.6) is 0 Å². The maximum absolute atomic E-state index is 13.6. The van der Waals surface area contributed by atoms with Gasteiger partial charge in [-0.1, -0.05) is 19.4 Å². The molecule has 1 aromatic heterocycles. The molecule has 1 N–H and O–H groups in total. The number of ketones is 1. The average Bonchev–Trinajstić information content (AvgIpc) is 3.27. The first-order valence-corrected chi connectivity index (χ1v) is 11.9. The standard InChI is InChI=1S/C24H29NO5S/c1-13-12-16-20(22(26)18(13)23(27)29-3)21(17-10-7-11-31-17)19(14(2)25-16)24(28)30-15-8-5-4-6-9-15/h7,10-11,13,15,18,21,25H,4-6,8-9,12H2,1-3H3/t13-,18+,21-/m0/s1. The van der Waals surface area contributed by atoms with Gasteiger partial charge in [-0.3, -0.25) is 9.59 Å². The number of ether oxygens (including phenoxy) is 2. The number of hydrogen-bond donors (Lipinski definition) is 1. The molecule has 4 rings (SSSR count). The van der Waals surface area contributed by atoms with Gasteiger partial charge in [0.2, 0.25) is 0 Å². The number of hydrogen-bond acceptors (Lipinski definition) is 7. The molecule has 0 amide bonds. The van der Waals surface area contributed by atoms with Gasteiger partial charge in [-0.15, -0.1) is 11.3 Å². The van der Waals surface area contributed by atoms with Crippen LogP contribution in [0.3, 0.4) is 0 Å². The quantitative estimate of drug-likeness (QED) is 0.554. The second-order valence-corrected chi connectivity index (χ2v) is 9.70. The number of rotatable bonds is 4. The van der Waals surface area contributed by atoms with E-state index in [1.165, 1.54) is 24.9 Å². The SMILES string of the molecule is COC(=O)[C@H]1C(=O)C2=C(C[C@@H]1C)NC(C)=C(C(=O)OC1CCCCC1)[C@@H]2c1cccs1. The fraction of sp³-hybridized carbons (Fsp3) is 0.542. The Kier molecular flexibility index (Phi) is 6.32. The maximum atomic E-state index is 13.6. The molecule has 3 aliphatic rings. The Morgan fingerprint density at radius 1 is 1.19 bits per heavy atom. The number of carbonyl (C=O) groups excluding carboxylic acids is 3. The Morgan fingerprint density at radius 3 is 2.58 bits per heavy atom. The van der Waals surface area contributed by atoms with Crippen molar-refractivity contribution in [2.45, 2.75) is 64.4 Å². The molecule has 0 bridgehead atoms. The van der Waals surface area contributed by atoms with Crippen LogP contribution in [0.25, 0.3) is 0 Å². The molecule has 2 heterocycles. The minimum absolute atomic E-state index is 0.0780. The Bertz CT molecular complexity index is 939. The fourth-order valence-electron chi connectivity index (χ4n) is 5.09. The average molecular weight is 444 g/mol. The molecule has 0 radical (unpaired) electrons. The van der Waals surface area contributed by atoms with Gasteiger partial charge < -0.3 is 14.8 Å². The highest BCUT2D eigenvalue weighted by atomic mass is 32.1. The second kappa shape index (κ2) is 8.99. The van der Waals surface area contributed by atoms with Gasteiger partial charge in [-0.2, -0.15) is 0 Å². The molecule has 6 nitrogen and oxygen atoms in total. The van der Waals surface area contributed by atoms with E-state index in [9.17, 15) is 14.4 Å². The van der Waals surface area contributed by atoms with Crippen molar-refractivity contribution in [3.05, 3.63) is 44.9 Å². The van der Waals surface area contributed by atoms with Gasteiger partial charge >= 0.3 is 11.9 Å². The molecule has 1 aromatic rings. The van der Waals surface area contributed by atoms with Gasteiger partial charge in [0.25, 0.3) is 0 Å². The van der Waals surface area contributed by atoms with Crippen molar-refractivity contribution >= 4 is 29.1 Å². The lowest BCUT2D eigenvalue weighted by Gasteiger charge is -2.38. The Balaban J connectivity index is 1.73. The predicted octanol–water partition coefficient (Wildman–Crippen LogP) is 4.24. The van der Waals surface area contributed by atoms with E-state index in [0.29, 0.717) is 17.6 Å². The minimum atomic E-state index is -0.859. The van der Waals surface area contributed by atoms with Gasteiger partial charge in [0.1, 0.15) is 12.0 Å². The zero-order chi connectivity index (χ0) is 22.1. The van der Waals surface area contributed by atoms with E-state index in [4.69, 9.17) is 9.47 Å². The molecule has 166 valence electrons. The molecule has 7 heteroatoms. The summed E-state index contributed by atoms with van der Waals surface area (Å²) in [4.78, 5) is 40.2. The lowest BCUT2D eigenvalue weighted by atomic mass is 9.70. The van der Waals surface area contributed by atoms with E-state index in [-0.39, 0.29) is 23.8 Å². The molecule has 1 aliphatic heterocycles. The molecule has 0 spiro atoms. The van der Waals surface area contributed by atoms with Crippen LogP contribution >= 0.6 is 11.3 Å². The van der Waals surface area contributed by atoms with Crippen molar-refractivity contribution in [3.8, 4) is 0 Å². The number of dihydropyridines is 1. The van der Waals surface area contributed by atoms with Gasteiger partial charge in [0, 0.05) is 21.8 Å². The van der Waals surface area contributed by atoms with Gasteiger partial charge in [-0.05, 0) is 56.4 Å². The van der Waals surface area contributed by atoms with Crippen molar-refractivity contribution < 1.29 is 23.9 Å². The van der Waals surface area contributed by atoms with E-state index in [2.05, 4.69) is 5.32 Å². The van der Waals surface area contributed by atoms with Crippen LogP contribution in [0, 0.1) is 11.8 Å². The smallest absolute Gasteiger partial charge is 0.337 e. The van der Waals surface area contributed by atoms with Gasteiger partial charge in [-0.25, -0.2) is 4.79 Å². The molecule has 0 unspecified atom stereocenters. The zero-order valence-corrected chi connectivity index (χ0v) is 19.1. The van der Waals surface area contributed by atoms with Gasteiger partial charge in [0.15, 0.2) is 5.78 Å². The molecule has 1 saturated carbocycles. The highest BCUT2D eigenvalue weighted by Crippen LogP contribution is 2.46. The van der Waals surface area contributed by atoms with Gasteiger partial charge in [0.05, 0.1) is 18.6 Å². The van der Waals surface area contributed by atoms with E-state index >= 15 is 0 Å². The van der Waals surface area contributed by atoms with Crippen LogP contribution in [0.15, 0.2) is 40.1 Å². The summed E-state index contributed by atoms with van der Waals surface area (Å²) < 4.78 is 10.8. The Hall–Kier alpha value is -2.41. The van der Waals surface area contributed by atoms with E-state index in [1.807, 2.05) is 31.4 Å². The first-order valence-electron chi connectivity index (χ1n) is 11.0. The minimum Gasteiger partial charge on any atom is -0.468 e. The van der Waals surface area contributed by atoms with Crippen LogP contribution in [0.2, 0.25) is 0 Å². The van der Waals surface area contributed by atoms with Crippen molar-refractivity contribution in [1.82, 2.24) is 5.32 Å². The molecular weight excluding hydrogens is 414 g/mol. The molecule has 0 aromatic carbocycles. The van der Waals surface area contributed by atoms with Crippen LogP contribution in [0.1, 0.15) is 63.2 Å². The number of nitrogens with one attached hydrogen (secondary N) is 1. The lowest BCUT2D eigenvalue weighted by molar-refractivity contribution is -0.151. The van der Waals surface area contributed by atoms with Crippen molar-refractivity contribution in [1.29, 1.82) is 0 Å². The van der Waals surface area contributed by atoms with Crippen molar-refractivity contribution in [2.24, 2.45) is 11.8 Å². The third-order valence-electron chi connectivity index (χ3n) is 6.62. The molecule has 2 aliphatic carbocycles. The predicted molar refractivity (Wildman–Crippen MR) is 117 cm³/mol. The highest BCUT2D eigenvalue weighted by molar-refractivity contribution is 7.10. The number of methoxy groups -OCH3 is 1. The van der Waals surface area contributed by atoms with E-state index in [0.717, 1.165) is 42.0 Å². The first kappa shape index (κ1) is 21.8. The summed E-state index contributed by atoms with van der Waals surface area (Å²) in [6.45, 7) is 3.75. The number of esters is 2. The second-order valence-electron chi connectivity index (χ2n) is 8.72. The summed E-state index contributed by atoms with van der Waals surface area (Å²) in [6.07, 6.45) is 5.53. The van der Waals surface area contributed by atoms with E-state index in [1.54, 1.807) is 0 Å². The fourth-order valence-corrected chi connectivity index (χ4v) is 5.93. The van der Waals surface area contributed by atoms with Crippen LogP contribution in [-0.4, -0.2) is 30.9 Å². The maximum Gasteiger partial charge on any atom is 0.337 e. The summed E-state index contributed by atoms with van der Waals surface area (Å²) in [6, 6.07) is 3.85. The Morgan fingerprint density at radius 2 is 1.94 bits per heavy atom. The third-order valence-corrected chi connectivity index (χ3v) is 7.55. The van der Waals surface area contributed by atoms with Crippen molar-refractivity contribution in [2.75, 3.05) is 7.11 Å². The molecule has 0 saturated heterocycles. The lowest BCUT2D eigenvalue weighted by Crippen LogP contribution is -2.43. The van der Waals surface area contributed by atoms with E-state index < -0.39 is 17.8 Å². The molecule has 3 atom stereocenters. The number of thiophene rings is 1. The monoisotopic (exact) mass is 443 g/mol. The van der Waals surface area contributed by atoms with Crippen molar-refractivity contribution in [3.63, 3.8) is 0 Å². The molecule has 1 fully saturated rings. The summed E-state index contributed by atoms with van der Waals surface area (Å²) in [5, 5.41) is 5.24. The third kappa shape index (κ3) is 4.07. The summed E-state index contributed by atoms with van der Waals surface area (Å²) in [5.74, 6) is -2.73. The zero-order valence-electron chi connectivity index (χ0n) is 18.2. The Labute approximate surface area is 186 Å². The highest BCUT2D eigenvalue weighted by Gasteiger charge is 2.47. The summed E-state index contributed by atoms with van der Waals surface area (Å²) in [5.41, 5.74) is 2.48. The van der Waals surface area contributed by atoms with Crippen LogP contribution < -0.4 is 5.32 Å². The number of carbonyl (C=O) groups is 3. The van der Waals surface area contributed by atoms with Crippen LogP contribution in [-0.2, 0) is 23.9 Å². The number of allylic oxidation sites excluding steroid dienone is 3. The van der Waals surface area contributed by atoms with Crippen LogP contribution in [0.4, 0.5) is 0 Å². The topological polar surface area (TPSA) is 81.7 Å².